The number of rotatable bonds is 3. The van der Waals surface area contributed by atoms with Crippen molar-refractivity contribution in [3.63, 3.8) is 0 Å². The van der Waals surface area contributed by atoms with E-state index in [-0.39, 0.29) is 0 Å². The van der Waals surface area contributed by atoms with Crippen LogP contribution in [-0.2, 0) is 6.54 Å². The standard InChI is InChI=1S/C12H21N5/c1-10-14-11(9-13-2)8-12(15-10)17-6-4-16(3)5-7-17/h8,13H,4-7,9H2,1-3H3. The van der Waals surface area contributed by atoms with Crippen molar-refractivity contribution in [2.75, 3.05) is 45.2 Å². The van der Waals surface area contributed by atoms with Gasteiger partial charge in [0.1, 0.15) is 11.6 Å². The van der Waals surface area contributed by atoms with E-state index in [1.54, 1.807) is 0 Å². The van der Waals surface area contributed by atoms with Crippen LogP contribution in [0.5, 0.6) is 0 Å². The molecule has 1 fully saturated rings. The average Bonchev–Trinajstić information content (AvgIpc) is 2.29. The minimum Gasteiger partial charge on any atom is -0.354 e. The van der Waals surface area contributed by atoms with Gasteiger partial charge < -0.3 is 15.1 Å². The van der Waals surface area contributed by atoms with Gasteiger partial charge in [0.2, 0.25) is 0 Å². The maximum absolute atomic E-state index is 4.53. The van der Waals surface area contributed by atoms with E-state index in [1.165, 1.54) is 0 Å². The maximum atomic E-state index is 4.53. The largest absolute Gasteiger partial charge is 0.354 e. The van der Waals surface area contributed by atoms with Crippen molar-refractivity contribution in [2.24, 2.45) is 0 Å². The van der Waals surface area contributed by atoms with E-state index in [0.717, 1.165) is 50.1 Å². The minimum atomic E-state index is 0.796. The lowest BCUT2D eigenvalue weighted by atomic mass is 10.3. The Labute approximate surface area is 103 Å². The lowest BCUT2D eigenvalue weighted by Crippen LogP contribution is -2.45. The van der Waals surface area contributed by atoms with Crippen molar-refractivity contribution in [1.82, 2.24) is 20.2 Å². The Kier molecular flexibility index (Phi) is 3.91. The predicted molar refractivity (Wildman–Crippen MR) is 69.2 cm³/mol. The average molecular weight is 235 g/mol. The van der Waals surface area contributed by atoms with Gasteiger partial charge >= 0.3 is 0 Å². The fourth-order valence-corrected chi connectivity index (χ4v) is 2.08. The number of hydrogen-bond acceptors (Lipinski definition) is 5. The summed E-state index contributed by atoms with van der Waals surface area (Å²) in [7, 11) is 4.10. The molecular weight excluding hydrogens is 214 g/mol. The van der Waals surface area contributed by atoms with Gasteiger partial charge in [-0.3, -0.25) is 0 Å². The molecule has 0 amide bonds. The molecule has 5 nitrogen and oxygen atoms in total. The normalized spacial score (nSPS) is 17.5. The fourth-order valence-electron chi connectivity index (χ4n) is 2.08. The summed E-state index contributed by atoms with van der Waals surface area (Å²) in [4.78, 5) is 13.6. The summed E-state index contributed by atoms with van der Waals surface area (Å²) >= 11 is 0. The Balaban J connectivity index is 2.14. The number of hydrogen-bond donors (Lipinski definition) is 1. The zero-order valence-electron chi connectivity index (χ0n) is 10.9. The van der Waals surface area contributed by atoms with E-state index < -0.39 is 0 Å². The molecule has 0 aliphatic carbocycles. The van der Waals surface area contributed by atoms with Crippen LogP contribution >= 0.6 is 0 Å². The smallest absolute Gasteiger partial charge is 0.132 e. The third-order valence-electron chi connectivity index (χ3n) is 3.06. The lowest BCUT2D eigenvalue weighted by molar-refractivity contribution is 0.312. The SMILES string of the molecule is CNCc1cc(N2CCN(C)CC2)nc(C)n1. The van der Waals surface area contributed by atoms with Crippen LogP contribution in [0.15, 0.2) is 6.07 Å². The van der Waals surface area contributed by atoms with Crippen LogP contribution in [0.3, 0.4) is 0 Å². The summed E-state index contributed by atoms with van der Waals surface area (Å²) in [5.41, 5.74) is 1.06. The zero-order chi connectivity index (χ0) is 12.3. The van der Waals surface area contributed by atoms with Gasteiger partial charge in [0.05, 0.1) is 5.69 Å². The Hall–Kier alpha value is -1.20. The van der Waals surface area contributed by atoms with Crippen molar-refractivity contribution < 1.29 is 0 Å². The molecule has 0 atom stereocenters. The quantitative estimate of drug-likeness (QED) is 0.814. The van der Waals surface area contributed by atoms with Crippen LogP contribution in [0.2, 0.25) is 0 Å². The molecule has 1 aromatic rings. The van der Waals surface area contributed by atoms with Crippen molar-refractivity contribution in [3.8, 4) is 0 Å². The van der Waals surface area contributed by atoms with E-state index >= 15 is 0 Å². The molecule has 0 aromatic carbocycles. The zero-order valence-corrected chi connectivity index (χ0v) is 10.9. The molecule has 0 saturated carbocycles. The fraction of sp³-hybridized carbons (Fsp3) is 0.667. The molecule has 17 heavy (non-hydrogen) atoms. The highest BCUT2D eigenvalue weighted by Gasteiger charge is 2.16. The van der Waals surface area contributed by atoms with Crippen LogP contribution in [0, 0.1) is 6.92 Å². The summed E-state index contributed by atoms with van der Waals surface area (Å²) in [5.74, 6) is 1.92. The molecule has 0 unspecified atom stereocenters. The first kappa shape index (κ1) is 12.3. The van der Waals surface area contributed by atoms with Crippen molar-refractivity contribution >= 4 is 5.82 Å². The second kappa shape index (κ2) is 5.42. The van der Waals surface area contributed by atoms with E-state index in [2.05, 4.69) is 38.2 Å². The van der Waals surface area contributed by atoms with Gasteiger partial charge in [-0.05, 0) is 21.0 Å². The van der Waals surface area contributed by atoms with E-state index in [4.69, 9.17) is 0 Å². The topological polar surface area (TPSA) is 44.3 Å². The molecule has 1 aliphatic heterocycles. The lowest BCUT2D eigenvalue weighted by Gasteiger charge is -2.33. The number of likely N-dealkylation sites (N-methyl/N-ethyl adjacent to an activating group) is 1. The monoisotopic (exact) mass is 235 g/mol. The molecule has 0 bridgehead atoms. The van der Waals surface area contributed by atoms with Crippen molar-refractivity contribution in [3.05, 3.63) is 17.6 Å². The van der Waals surface area contributed by atoms with Gasteiger partial charge in [0, 0.05) is 38.8 Å². The third kappa shape index (κ3) is 3.14. The predicted octanol–water partition coefficient (Wildman–Crippen LogP) is 0.256. The van der Waals surface area contributed by atoms with Crippen molar-refractivity contribution in [2.45, 2.75) is 13.5 Å². The Morgan fingerprint density at radius 1 is 1.24 bits per heavy atom. The third-order valence-corrected chi connectivity index (χ3v) is 3.06. The molecule has 1 saturated heterocycles. The maximum Gasteiger partial charge on any atom is 0.132 e. The van der Waals surface area contributed by atoms with Gasteiger partial charge in [-0.25, -0.2) is 9.97 Å². The number of nitrogens with one attached hydrogen (secondary N) is 1. The summed E-state index contributed by atoms with van der Waals surface area (Å²) in [6.07, 6.45) is 0. The van der Waals surface area contributed by atoms with Gasteiger partial charge in [-0.15, -0.1) is 0 Å². The first-order chi connectivity index (χ1) is 8.19. The Bertz CT molecular complexity index is 371. The Morgan fingerprint density at radius 3 is 2.59 bits per heavy atom. The van der Waals surface area contributed by atoms with Crippen LogP contribution in [0.25, 0.3) is 0 Å². The van der Waals surface area contributed by atoms with Gasteiger partial charge in [0.25, 0.3) is 0 Å². The minimum absolute atomic E-state index is 0.796. The number of nitrogens with zero attached hydrogens (tertiary/aromatic N) is 4. The number of aromatic nitrogens is 2. The Morgan fingerprint density at radius 2 is 1.94 bits per heavy atom. The van der Waals surface area contributed by atoms with Crippen LogP contribution < -0.4 is 10.2 Å². The molecule has 94 valence electrons. The molecule has 5 heteroatoms. The molecule has 1 aliphatic rings. The second-order valence-electron chi connectivity index (χ2n) is 4.59. The molecule has 1 aromatic heterocycles. The first-order valence-corrected chi connectivity index (χ1v) is 6.11. The summed E-state index contributed by atoms with van der Waals surface area (Å²) in [5, 5.41) is 3.13. The van der Waals surface area contributed by atoms with Crippen LogP contribution in [0.4, 0.5) is 5.82 Å². The highest BCUT2D eigenvalue weighted by atomic mass is 15.3. The molecule has 1 N–H and O–H groups in total. The summed E-state index contributed by atoms with van der Waals surface area (Å²) in [6, 6.07) is 2.09. The molecular formula is C12H21N5. The molecule has 2 rings (SSSR count). The van der Waals surface area contributed by atoms with Crippen molar-refractivity contribution in [1.29, 1.82) is 0 Å². The second-order valence-corrected chi connectivity index (χ2v) is 4.59. The van der Waals surface area contributed by atoms with Gasteiger partial charge in [0.15, 0.2) is 0 Å². The number of aryl methyl sites for hydroxylation is 1. The van der Waals surface area contributed by atoms with E-state index in [1.807, 2.05) is 14.0 Å². The molecule has 2 heterocycles. The van der Waals surface area contributed by atoms with E-state index in [0.29, 0.717) is 0 Å². The van der Waals surface area contributed by atoms with Crippen LogP contribution in [0.1, 0.15) is 11.5 Å². The van der Waals surface area contributed by atoms with Gasteiger partial charge in [-0.1, -0.05) is 0 Å². The highest BCUT2D eigenvalue weighted by molar-refractivity contribution is 5.40. The van der Waals surface area contributed by atoms with Crippen LogP contribution in [-0.4, -0.2) is 55.1 Å². The van der Waals surface area contributed by atoms with Gasteiger partial charge in [-0.2, -0.15) is 0 Å². The molecule has 0 radical (unpaired) electrons. The number of anilines is 1. The summed E-state index contributed by atoms with van der Waals surface area (Å²) in [6.45, 7) is 7.05. The van der Waals surface area contributed by atoms with E-state index in [9.17, 15) is 0 Å². The summed E-state index contributed by atoms with van der Waals surface area (Å²) < 4.78 is 0. The highest BCUT2D eigenvalue weighted by Crippen LogP contribution is 2.14. The first-order valence-electron chi connectivity index (χ1n) is 6.11. The number of piperazine rings is 1. The molecule has 0 spiro atoms.